The van der Waals surface area contributed by atoms with E-state index in [2.05, 4.69) is 10.0 Å². The summed E-state index contributed by atoms with van der Waals surface area (Å²) in [5.74, 6) is 0.765. The molecule has 0 aliphatic carbocycles. The summed E-state index contributed by atoms with van der Waals surface area (Å²) in [6.07, 6.45) is 0. The van der Waals surface area contributed by atoms with Gasteiger partial charge in [0, 0.05) is 12.2 Å². The first-order valence-corrected chi connectivity index (χ1v) is 11.1. The third-order valence-electron chi connectivity index (χ3n) is 4.42. The largest absolute Gasteiger partial charge is 0.497 e. The highest BCUT2D eigenvalue weighted by atomic mass is 32.2. The molecule has 0 heterocycles. The smallest absolute Gasteiger partial charge is 0.261 e. The fourth-order valence-electron chi connectivity index (χ4n) is 2.81. The molecule has 162 valence electrons. The molecule has 0 aromatic heterocycles. The normalized spacial score (nSPS) is 10.9. The van der Waals surface area contributed by atoms with E-state index in [4.69, 9.17) is 9.47 Å². The molecule has 7 nitrogen and oxygen atoms in total. The summed E-state index contributed by atoms with van der Waals surface area (Å²) in [6, 6.07) is 20.3. The second kappa shape index (κ2) is 9.99. The Kier molecular flexibility index (Phi) is 7.15. The number of aryl methyl sites for hydroxylation is 1. The molecular weight excluding hydrogens is 416 g/mol. The van der Waals surface area contributed by atoms with Gasteiger partial charge in [-0.3, -0.25) is 9.52 Å². The maximum atomic E-state index is 12.5. The lowest BCUT2D eigenvalue weighted by Gasteiger charge is -2.10. The molecule has 8 heteroatoms. The second-order valence-corrected chi connectivity index (χ2v) is 8.54. The highest BCUT2D eigenvalue weighted by molar-refractivity contribution is 7.92. The number of hydrogen-bond donors (Lipinski definition) is 2. The number of methoxy groups -OCH3 is 1. The van der Waals surface area contributed by atoms with E-state index >= 15 is 0 Å². The Labute approximate surface area is 182 Å². The zero-order chi connectivity index (χ0) is 22.3. The summed E-state index contributed by atoms with van der Waals surface area (Å²) in [7, 11) is -2.21. The first-order valence-electron chi connectivity index (χ1n) is 9.58. The van der Waals surface area contributed by atoms with Crippen molar-refractivity contribution < 1.29 is 22.7 Å². The highest BCUT2D eigenvalue weighted by Crippen LogP contribution is 2.21. The minimum Gasteiger partial charge on any atom is -0.497 e. The van der Waals surface area contributed by atoms with Crippen molar-refractivity contribution in [1.82, 2.24) is 5.32 Å². The second-order valence-electron chi connectivity index (χ2n) is 6.86. The van der Waals surface area contributed by atoms with Gasteiger partial charge in [0.05, 0.1) is 12.0 Å². The average Bonchev–Trinajstić information content (AvgIpc) is 2.77. The minimum absolute atomic E-state index is 0.0829. The molecular formula is C23H24N2O5S. The van der Waals surface area contributed by atoms with Gasteiger partial charge in [-0.05, 0) is 61.0 Å². The molecule has 0 fully saturated rings. The van der Waals surface area contributed by atoms with Crippen LogP contribution in [0.4, 0.5) is 5.69 Å². The van der Waals surface area contributed by atoms with Crippen molar-refractivity contribution in [3.8, 4) is 11.5 Å². The molecule has 0 aliphatic rings. The molecule has 3 rings (SSSR count). The molecule has 0 saturated carbocycles. The fourth-order valence-corrected chi connectivity index (χ4v) is 3.87. The molecule has 0 radical (unpaired) electrons. The Bertz CT molecular complexity index is 1130. The number of anilines is 1. The van der Waals surface area contributed by atoms with E-state index in [-0.39, 0.29) is 17.4 Å². The molecule has 0 unspecified atom stereocenters. The Balaban J connectivity index is 1.52. The van der Waals surface area contributed by atoms with Crippen LogP contribution in [-0.4, -0.2) is 28.0 Å². The summed E-state index contributed by atoms with van der Waals surface area (Å²) in [6.45, 7) is 2.24. The van der Waals surface area contributed by atoms with Gasteiger partial charge in [0.25, 0.3) is 15.9 Å². The summed E-state index contributed by atoms with van der Waals surface area (Å²) in [5.41, 5.74) is 2.55. The molecule has 2 N–H and O–H groups in total. The standard InChI is InChI=1S/C23H24N2O5S/c1-17-4-3-5-18(14-17)15-24-23(26)16-30-21-10-12-22(13-11-21)31(27,28)25-19-6-8-20(29-2)9-7-19/h3-14,25H,15-16H2,1-2H3,(H,24,26). The van der Waals surface area contributed by atoms with Gasteiger partial charge in [0.1, 0.15) is 11.5 Å². The van der Waals surface area contributed by atoms with Gasteiger partial charge in [-0.1, -0.05) is 29.8 Å². The quantitative estimate of drug-likeness (QED) is 0.531. The number of carbonyl (C=O) groups excluding carboxylic acids is 1. The molecule has 1 amide bonds. The van der Waals surface area contributed by atoms with Crippen LogP contribution in [0.2, 0.25) is 0 Å². The molecule has 31 heavy (non-hydrogen) atoms. The lowest BCUT2D eigenvalue weighted by Crippen LogP contribution is -2.28. The van der Waals surface area contributed by atoms with Crippen molar-refractivity contribution in [1.29, 1.82) is 0 Å². The molecule has 3 aromatic rings. The maximum Gasteiger partial charge on any atom is 0.261 e. The highest BCUT2D eigenvalue weighted by Gasteiger charge is 2.14. The summed E-state index contributed by atoms with van der Waals surface area (Å²) < 4.78 is 38.1. The average molecular weight is 441 g/mol. The topological polar surface area (TPSA) is 93.7 Å². The van der Waals surface area contributed by atoms with Crippen molar-refractivity contribution in [2.45, 2.75) is 18.4 Å². The number of rotatable bonds is 9. The van der Waals surface area contributed by atoms with E-state index in [1.165, 1.54) is 31.4 Å². The predicted octanol–water partition coefficient (Wildman–Crippen LogP) is 3.50. The van der Waals surface area contributed by atoms with E-state index in [1.807, 2.05) is 31.2 Å². The van der Waals surface area contributed by atoms with Crippen LogP contribution in [0.5, 0.6) is 11.5 Å². The Morgan fingerprint density at radius 3 is 2.26 bits per heavy atom. The van der Waals surface area contributed by atoms with Gasteiger partial charge >= 0.3 is 0 Å². The third-order valence-corrected chi connectivity index (χ3v) is 5.82. The van der Waals surface area contributed by atoms with Crippen LogP contribution in [0.15, 0.2) is 77.7 Å². The first kappa shape index (κ1) is 22.2. The molecule has 0 bridgehead atoms. The molecule has 0 saturated heterocycles. The van der Waals surface area contributed by atoms with Gasteiger partial charge < -0.3 is 14.8 Å². The lowest BCUT2D eigenvalue weighted by atomic mass is 10.1. The van der Waals surface area contributed by atoms with E-state index < -0.39 is 10.0 Å². The Morgan fingerprint density at radius 1 is 0.935 bits per heavy atom. The number of ether oxygens (including phenoxy) is 2. The zero-order valence-corrected chi connectivity index (χ0v) is 18.1. The number of hydrogen-bond acceptors (Lipinski definition) is 5. The molecule has 3 aromatic carbocycles. The van der Waals surface area contributed by atoms with Crippen LogP contribution in [0.3, 0.4) is 0 Å². The fraction of sp³-hybridized carbons (Fsp3) is 0.174. The summed E-state index contributed by atoms with van der Waals surface area (Å²) in [5, 5.41) is 2.79. The van der Waals surface area contributed by atoms with Crippen LogP contribution in [0.1, 0.15) is 11.1 Å². The number of benzene rings is 3. The number of carbonyl (C=O) groups is 1. The van der Waals surface area contributed by atoms with Gasteiger partial charge in [0.15, 0.2) is 6.61 Å². The number of amides is 1. The maximum absolute atomic E-state index is 12.5. The van der Waals surface area contributed by atoms with E-state index in [0.717, 1.165) is 11.1 Å². The Morgan fingerprint density at radius 2 is 1.61 bits per heavy atom. The van der Waals surface area contributed by atoms with Crippen molar-refractivity contribution in [3.05, 3.63) is 83.9 Å². The number of sulfonamides is 1. The van der Waals surface area contributed by atoms with Crippen molar-refractivity contribution >= 4 is 21.6 Å². The monoisotopic (exact) mass is 440 g/mol. The molecule has 0 aliphatic heterocycles. The Hall–Kier alpha value is -3.52. The first-order chi connectivity index (χ1) is 14.9. The lowest BCUT2D eigenvalue weighted by molar-refractivity contribution is -0.123. The van der Waals surface area contributed by atoms with Crippen molar-refractivity contribution in [2.24, 2.45) is 0 Å². The predicted molar refractivity (Wildman–Crippen MR) is 119 cm³/mol. The summed E-state index contributed by atoms with van der Waals surface area (Å²) >= 11 is 0. The minimum atomic E-state index is -3.75. The number of nitrogens with one attached hydrogen (secondary N) is 2. The zero-order valence-electron chi connectivity index (χ0n) is 17.3. The molecule has 0 atom stereocenters. The van der Waals surface area contributed by atoms with Crippen molar-refractivity contribution in [2.75, 3.05) is 18.4 Å². The van der Waals surface area contributed by atoms with E-state index in [0.29, 0.717) is 23.7 Å². The van der Waals surface area contributed by atoms with Crippen molar-refractivity contribution in [3.63, 3.8) is 0 Å². The van der Waals surface area contributed by atoms with Crippen LogP contribution in [0, 0.1) is 6.92 Å². The summed E-state index contributed by atoms with van der Waals surface area (Å²) in [4.78, 5) is 12.1. The SMILES string of the molecule is COc1ccc(NS(=O)(=O)c2ccc(OCC(=O)NCc3cccc(C)c3)cc2)cc1. The van der Waals surface area contributed by atoms with Gasteiger partial charge in [-0.2, -0.15) is 0 Å². The van der Waals surface area contributed by atoms with Gasteiger partial charge in [-0.25, -0.2) is 8.42 Å². The molecule has 0 spiro atoms. The van der Waals surface area contributed by atoms with Crippen LogP contribution in [0.25, 0.3) is 0 Å². The van der Waals surface area contributed by atoms with E-state index in [9.17, 15) is 13.2 Å². The van der Waals surface area contributed by atoms with Gasteiger partial charge in [0.2, 0.25) is 0 Å². The van der Waals surface area contributed by atoms with Crippen LogP contribution >= 0.6 is 0 Å². The van der Waals surface area contributed by atoms with Crippen LogP contribution < -0.4 is 19.5 Å². The third kappa shape index (κ3) is 6.48. The van der Waals surface area contributed by atoms with E-state index in [1.54, 1.807) is 24.3 Å². The van der Waals surface area contributed by atoms with Gasteiger partial charge in [-0.15, -0.1) is 0 Å². The van der Waals surface area contributed by atoms with Crippen LogP contribution in [-0.2, 0) is 21.4 Å².